The molecule has 1 aliphatic heterocycles. The fraction of sp³-hybridized carbons (Fsp3) is 0.810. The molecule has 4 saturated carbocycles. The van der Waals surface area contributed by atoms with Gasteiger partial charge in [-0.1, -0.05) is 77.2 Å². The van der Waals surface area contributed by atoms with Crippen LogP contribution in [0.1, 0.15) is 119 Å². The monoisotopic (exact) mass is 665 g/mol. The Morgan fingerprint density at radius 1 is 0.936 bits per heavy atom. The van der Waals surface area contributed by atoms with Crippen LogP contribution in [0.2, 0.25) is 0 Å². The maximum atomic E-state index is 12.1. The SMILES string of the molecule is C=C(C)[C@@H]1CC[C@]2(NCCN3CCC(S(C)(=O)=O)CC3)CC[C@]3(C)[C@H](CC[C@@H]4[C@@]5(C)CC=C(C=C/C=C/C)C(C)(C)[C@@H]5CC[C@]43C)[C@@H]12. The predicted octanol–water partition coefficient (Wildman–Crippen LogP) is 9.16. The molecule has 1 N–H and O–H groups in total. The van der Waals surface area contributed by atoms with Gasteiger partial charge in [0.1, 0.15) is 9.84 Å². The van der Waals surface area contributed by atoms with Crippen molar-refractivity contribution >= 4 is 9.84 Å². The molecule has 6 rings (SSSR count). The molecule has 5 aliphatic carbocycles. The summed E-state index contributed by atoms with van der Waals surface area (Å²) in [6.07, 6.45) is 26.4. The first-order chi connectivity index (χ1) is 22.0. The highest BCUT2D eigenvalue weighted by atomic mass is 32.2. The molecule has 0 spiro atoms. The summed E-state index contributed by atoms with van der Waals surface area (Å²) >= 11 is 0. The van der Waals surface area contributed by atoms with E-state index in [2.05, 4.69) is 95.6 Å². The molecular weight excluding hydrogens is 597 g/mol. The van der Waals surface area contributed by atoms with Crippen molar-refractivity contribution in [1.82, 2.24) is 10.2 Å². The molecule has 4 nitrogen and oxygen atoms in total. The Balaban J connectivity index is 1.22. The zero-order valence-electron chi connectivity index (χ0n) is 31.3. The molecule has 0 unspecified atom stereocenters. The summed E-state index contributed by atoms with van der Waals surface area (Å²) in [5.74, 6) is 3.53. The number of allylic oxidation sites excluding steroid dienone is 7. The zero-order chi connectivity index (χ0) is 34.0. The fourth-order valence-corrected chi connectivity index (χ4v) is 14.7. The van der Waals surface area contributed by atoms with E-state index < -0.39 is 9.84 Å². The molecule has 0 aromatic carbocycles. The number of likely N-dealkylation sites (tertiary alicyclic amines) is 1. The third kappa shape index (κ3) is 5.73. The Labute approximate surface area is 289 Å². The van der Waals surface area contributed by atoms with Crippen LogP contribution in [-0.4, -0.2) is 56.5 Å². The number of nitrogens with zero attached hydrogens (tertiary/aromatic N) is 1. The van der Waals surface area contributed by atoms with Gasteiger partial charge in [-0.2, -0.15) is 0 Å². The van der Waals surface area contributed by atoms with Gasteiger partial charge >= 0.3 is 0 Å². The number of piperidine rings is 1. The first-order valence-corrected chi connectivity index (χ1v) is 21.3. The van der Waals surface area contributed by atoms with Gasteiger partial charge in [0.2, 0.25) is 0 Å². The van der Waals surface area contributed by atoms with Crippen molar-refractivity contribution in [2.75, 3.05) is 32.4 Å². The average Bonchev–Trinajstić information content (AvgIpc) is 3.38. The van der Waals surface area contributed by atoms with Crippen LogP contribution in [-0.2, 0) is 9.84 Å². The number of hydrogen-bond donors (Lipinski definition) is 1. The van der Waals surface area contributed by atoms with Crippen molar-refractivity contribution in [3.63, 3.8) is 0 Å². The standard InChI is InChI=1S/C42H68N2O2S/c1-10-11-12-13-31-16-21-39(6)35(38(31,4)5)18-22-41(8)36(39)15-14-34-37-33(30(2)3)17-23-42(37,25-24-40(34,41)7)43-26-29-44-27-19-32(20-28-44)47(9,45)46/h10-13,16,32-37,43H,2,14-15,17-29H2,1,3-9H3/b11-10+,13-12?/t33-,34+,35-,36+,37+,39-,40+,41+,42-/m0/s1. The lowest BCUT2D eigenvalue weighted by atomic mass is 9.33. The van der Waals surface area contributed by atoms with Crippen LogP contribution in [0.4, 0.5) is 0 Å². The van der Waals surface area contributed by atoms with Crippen LogP contribution in [0.25, 0.3) is 0 Å². The number of fused-ring (bicyclic) bond motifs is 7. The number of hydrogen-bond acceptors (Lipinski definition) is 4. The van der Waals surface area contributed by atoms with Crippen LogP contribution in [0.15, 0.2) is 48.1 Å². The predicted molar refractivity (Wildman–Crippen MR) is 199 cm³/mol. The Morgan fingerprint density at radius 3 is 2.32 bits per heavy atom. The molecule has 9 atom stereocenters. The van der Waals surface area contributed by atoms with Crippen LogP contribution in [0, 0.1) is 51.2 Å². The summed E-state index contributed by atoms with van der Waals surface area (Å²) in [6, 6.07) is 0. The highest BCUT2D eigenvalue weighted by Crippen LogP contribution is 2.76. The van der Waals surface area contributed by atoms with Gasteiger partial charge in [-0.25, -0.2) is 8.42 Å². The van der Waals surface area contributed by atoms with Crippen molar-refractivity contribution in [1.29, 1.82) is 0 Å². The highest BCUT2D eigenvalue weighted by Gasteiger charge is 2.70. The van der Waals surface area contributed by atoms with Crippen molar-refractivity contribution in [3.05, 3.63) is 48.1 Å². The molecule has 264 valence electrons. The Hall–Kier alpha value is -1.17. The van der Waals surface area contributed by atoms with Crippen LogP contribution >= 0.6 is 0 Å². The highest BCUT2D eigenvalue weighted by molar-refractivity contribution is 7.91. The van der Waals surface area contributed by atoms with Crippen molar-refractivity contribution in [2.24, 2.45) is 51.2 Å². The summed E-state index contributed by atoms with van der Waals surface area (Å²) in [6.45, 7) is 26.2. The molecule has 1 saturated heterocycles. The van der Waals surface area contributed by atoms with E-state index in [4.69, 9.17) is 0 Å². The molecule has 47 heavy (non-hydrogen) atoms. The minimum absolute atomic E-state index is 0.150. The lowest BCUT2D eigenvalue weighted by Crippen LogP contribution is -2.68. The van der Waals surface area contributed by atoms with Gasteiger partial charge in [0, 0.05) is 24.9 Å². The van der Waals surface area contributed by atoms with Gasteiger partial charge in [-0.15, -0.1) is 0 Å². The number of rotatable bonds is 8. The summed E-state index contributed by atoms with van der Waals surface area (Å²) < 4.78 is 24.2. The normalized spacial score (nSPS) is 44.1. The van der Waals surface area contributed by atoms with E-state index in [0.29, 0.717) is 28.1 Å². The van der Waals surface area contributed by atoms with Gasteiger partial charge in [-0.05, 0) is 154 Å². The molecular formula is C42H68N2O2S. The molecule has 5 heteroatoms. The summed E-state index contributed by atoms with van der Waals surface area (Å²) in [5.41, 5.74) is 4.44. The quantitative estimate of drug-likeness (QED) is 0.208. The molecule has 0 aromatic rings. The topological polar surface area (TPSA) is 49.4 Å². The number of nitrogens with one attached hydrogen (secondary N) is 1. The number of sulfone groups is 1. The minimum Gasteiger partial charge on any atom is -0.310 e. The minimum atomic E-state index is -2.93. The smallest absolute Gasteiger partial charge is 0.150 e. The third-order valence-corrected chi connectivity index (χ3v) is 18.0. The van der Waals surface area contributed by atoms with Gasteiger partial charge in [0.25, 0.3) is 0 Å². The Bertz CT molecular complexity index is 1400. The average molecular weight is 665 g/mol. The summed E-state index contributed by atoms with van der Waals surface area (Å²) in [7, 11) is -2.93. The first kappa shape index (κ1) is 35.6. The van der Waals surface area contributed by atoms with Gasteiger partial charge in [0.05, 0.1) is 5.25 Å². The molecule has 1 heterocycles. The molecule has 6 aliphatic rings. The van der Waals surface area contributed by atoms with E-state index in [1.54, 1.807) is 5.57 Å². The second-order valence-electron chi connectivity index (χ2n) is 18.6. The Kier molecular flexibility index (Phi) is 9.52. The summed E-state index contributed by atoms with van der Waals surface area (Å²) in [5, 5.41) is 4.13. The maximum Gasteiger partial charge on any atom is 0.150 e. The van der Waals surface area contributed by atoms with Crippen LogP contribution in [0.5, 0.6) is 0 Å². The summed E-state index contributed by atoms with van der Waals surface area (Å²) in [4.78, 5) is 2.51. The fourth-order valence-electron chi connectivity index (χ4n) is 13.7. The van der Waals surface area contributed by atoms with E-state index >= 15 is 0 Å². The van der Waals surface area contributed by atoms with E-state index in [1.807, 2.05) is 0 Å². The second-order valence-corrected chi connectivity index (χ2v) is 20.9. The molecule has 0 aromatic heterocycles. The second kappa shape index (κ2) is 12.6. The van der Waals surface area contributed by atoms with Gasteiger partial charge in [0.15, 0.2) is 0 Å². The molecule has 0 radical (unpaired) electrons. The molecule has 5 fully saturated rings. The van der Waals surface area contributed by atoms with Crippen molar-refractivity contribution < 1.29 is 8.42 Å². The van der Waals surface area contributed by atoms with Crippen molar-refractivity contribution in [2.45, 2.75) is 130 Å². The van der Waals surface area contributed by atoms with E-state index in [0.717, 1.165) is 56.8 Å². The largest absolute Gasteiger partial charge is 0.310 e. The first-order valence-electron chi connectivity index (χ1n) is 19.4. The maximum absolute atomic E-state index is 12.1. The van der Waals surface area contributed by atoms with E-state index in [-0.39, 0.29) is 16.2 Å². The Morgan fingerprint density at radius 2 is 1.66 bits per heavy atom. The van der Waals surface area contributed by atoms with Crippen LogP contribution in [0.3, 0.4) is 0 Å². The molecule has 0 bridgehead atoms. The van der Waals surface area contributed by atoms with E-state index in [1.165, 1.54) is 69.6 Å². The van der Waals surface area contributed by atoms with E-state index in [9.17, 15) is 8.42 Å². The lowest BCUT2D eigenvalue weighted by molar-refractivity contribution is -0.221. The molecule has 0 amide bonds. The van der Waals surface area contributed by atoms with Gasteiger partial charge in [-0.3, -0.25) is 0 Å². The van der Waals surface area contributed by atoms with Crippen molar-refractivity contribution in [3.8, 4) is 0 Å². The zero-order valence-corrected chi connectivity index (χ0v) is 32.2. The lowest BCUT2D eigenvalue weighted by Gasteiger charge is -2.72. The third-order valence-electron chi connectivity index (χ3n) is 16.3. The van der Waals surface area contributed by atoms with Crippen LogP contribution < -0.4 is 5.32 Å². The van der Waals surface area contributed by atoms with Gasteiger partial charge < -0.3 is 10.2 Å².